The smallest absolute Gasteiger partial charge is 0.254 e. The fourth-order valence-corrected chi connectivity index (χ4v) is 2.13. The first-order valence-corrected chi connectivity index (χ1v) is 7.09. The SMILES string of the molecule is CN(C)CCNC(=O)CC1NC(=O)c2ccccc2NC1=O. The van der Waals surface area contributed by atoms with Gasteiger partial charge in [-0.25, -0.2) is 0 Å². The molecule has 0 radical (unpaired) electrons. The second kappa shape index (κ2) is 7.04. The number of anilines is 1. The normalized spacial score (nSPS) is 17.3. The van der Waals surface area contributed by atoms with E-state index in [-0.39, 0.29) is 24.1 Å². The molecule has 0 spiro atoms. The molecule has 1 aliphatic heterocycles. The summed E-state index contributed by atoms with van der Waals surface area (Å²) in [7, 11) is 3.81. The first-order valence-electron chi connectivity index (χ1n) is 7.09. The molecule has 1 atom stereocenters. The number of carbonyl (C=O) groups excluding carboxylic acids is 3. The van der Waals surface area contributed by atoms with E-state index < -0.39 is 6.04 Å². The van der Waals surface area contributed by atoms with E-state index >= 15 is 0 Å². The number of para-hydroxylation sites is 1. The minimum atomic E-state index is -0.876. The number of rotatable bonds is 5. The van der Waals surface area contributed by atoms with Crippen LogP contribution >= 0.6 is 0 Å². The lowest BCUT2D eigenvalue weighted by Gasteiger charge is -2.15. The van der Waals surface area contributed by atoms with Gasteiger partial charge in [-0.1, -0.05) is 12.1 Å². The Labute approximate surface area is 129 Å². The van der Waals surface area contributed by atoms with Crippen molar-refractivity contribution in [3.8, 4) is 0 Å². The zero-order chi connectivity index (χ0) is 16.1. The third kappa shape index (κ3) is 4.05. The summed E-state index contributed by atoms with van der Waals surface area (Å²) in [5.74, 6) is -1.02. The molecule has 0 fully saturated rings. The highest BCUT2D eigenvalue weighted by Crippen LogP contribution is 2.18. The molecule has 118 valence electrons. The Morgan fingerprint density at radius 3 is 2.73 bits per heavy atom. The Balaban J connectivity index is 1.97. The van der Waals surface area contributed by atoms with Gasteiger partial charge in [0.25, 0.3) is 5.91 Å². The molecule has 7 nitrogen and oxygen atoms in total. The second-order valence-corrected chi connectivity index (χ2v) is 5.42. The Morgan fingerprint density at radius 1 is 1.27 bits per heavy atom. The molecule has 3 N–H and O–H groups in total. The summed E-state index contributed by atoms with van der Waals surface area (Å²) in [4.78, 5) is 38.0. The molecule has 0 bridgehead atoms. The second-order valence-electron chi connectivity index (χ2n) is 5.42. The highest BCUT2D eigenvalue weighted by Gasteiger charge is 2.29. The highest BCUT2D eigenvalue weighted by atomic mass is 16.2. The summed E-state index contributed by atoms with van der Waals surface area (Å²) >= 11 is 0. The van der Waals surface area contributed by atoms with E-state index in [9.17, 15) is 14.4 Å². The van der Waals surface area contributed by atoms with Crippen LogP contribution in [0, 0.1) is 0 Å². The Morgan fingerprint density at radius 2 is 2.00 bits per heavy atom. The summed E-state index contributed by atoms with van der Waals surface area (Å²) in [5, 5.41) is 7.99. The summed E-state index contributed by atoms with van der Waals surface area (Å²) < 4.78 is 0. The number of fused-ring (bicyclic) bond motifs is 1. The lowest BCUT2D eigenvalue weighted by Crippen LogP contribution is -2.45. The summed E-state index contributed by atoms with van der Waals surface area (Å²) in [6.07, 6.45) is -0.0843. The minimum Gasteiger partial charge on any atom is -0.355 e. The Kier molecular flexibility index (Phi) is 5.11. The van der Waals surface area contributed by atoms with Gasteiger partial charge in [-0.15, -0.1) is 0 Å². The van der Waals surface area contributed by atoms with Crippen LogP contribution in [-0.2, 0) is 9.59 Å². The third-order valence-corrected chi connectivity index (χ3v) is 3.32. The average molecular weight is 304 g/mol. The molecular weight excluding hydrogens is 284 g/mol. The lowest BCUT2D eigenvalue weighted by atomic mass is 10.1. The molecule has 0 aliphatic carbocycles. The van der Waals surface area contributed by atoms with Crippen LogP contribution in [0.15, 0.2) is 24.3 Å². The van der Waals surface area contributed by atoms with Gasteiger partial charge in [-0.05, 0) is 26.2 Å². The monoisotopic (exact) mass is 304 g/mol. The molecule has 0 aromatic heterocycles. The van der Waals surface area contributed by atoms with Crippen molar-refractivity contribution in [3.63, 3.8) is 0 Å². The maximum atomic E-state index is 12.1. The van der Waals surface area contributed by atoms with Gasteiger partial charge in [0, 0.05) is 13.1 Å². The fraction of sp³-hybridized carbons (Fsp3) is 0.400. The van der Waals surface area contributed by atoms with Crippen molar-refractivity contribution in [2.75, 3.05) is 32.5 Å². The number of hydrogen-bond acceptors (Lipinski definition) is 4. The molecule has 1 heterocycles. The van der Waals surface area contributed by atoms with Crippen molar-refractivity contribution in [1.29, 1.82) is 0 Å². The number of likely N-dealkylation sites (N-methyl/N-ethyl adjacent to an activating group) is 1. The third-order valence-electron chi connectivity index (χ3n) is 3.32. The van der Waals surface area contributed by atoms with Crippen molar-refractivity contribution in [2.45, 2.75) is 12.5 Å². The van der Waals surface area contributed by atoms with E-state index in [1.165, 1.54) is 0 Å². The van der Waals surface area contributed by atoms with Crippen molar-refractivity contribution in [2.24, 2.45) is 0 Å². The summed E-state index contributed by atoms with van der Waals surface area (Å²) in [6.45, 7) is 1.20. The van der Waals surface area contributed by atoms with Gasteiger partial charge in [0.15, 0.2) is 0 Å². The van der Waals surface area contributed by atoms with Gasteiger partial charge in [0.05, 0.1) is 17.7 Å². The molecule has 0 saturated heterocycles. The van der Waals surface area contributed by atoms with Gasteiger partial charge in [-0.3, -0.25) is 14.4 Å². The zero-order valence-corrected chi connectivity index (χ0v) is 12.7. The van der Waals surface area contributed by atoms with Crippen LogP contribution in [0.1, 0.15) is 16.8 Å². The van der Waals surface area contributed by atoms with Crippen LogP contribution in [0.25, 0.3) is 0 Å². The predicted octanol–water partition coefficient (Wildman–Crippen LogP) is -0.195. The number of hydrogen-bond donors (Lipinski definition) is 3. The molecule has 2 rings (SSSR count). The van der Waals surface area contributed by atoms with Crippen LogP contribution < -0.4 is 16.0 Å². The van der Waals surface area contributed by atoms with E-state index in [1.54, 1.807) is 24.3 Å². The highest BCUT2D eigenvalue weighted by molar-refractivity contribution is 6.10. The summed E-state index contributed by atoms with van der Waals surface area (Å²) in [5.41, 5.74) is 0.854. The maximum absolute atomic E-state index is 12.1. The number of benzene rings is 1. The number of amides is 3. The van der Waals surface area contributed by atoms with Crippen molar-refractivity contribution >= 4 is 23.4 Å². The van der Waals surface area contributed by atoms with E-state index in [0.717, 1.165) is 0 Å². The van der Waals surface area contributed by atoms with Gasteiger partial charge in [0.1, 0.15) is 6.04 Å². The minimum absolute atomic E-state index is 0.0843. The molecule has 3 amide bonds. The van der Waals surface area contributed by atoms with Crippen LogP contribution in [0.5, 0.6) is 0 Å². The molecule has 1 aromatic carbocycles. The van der Waals surface area contributed by atoms with E-state index in [4.69, 9.17) is 0 Å². The Bertz CT molecular complexity index is 586. The van der Waals surface area contributed by atoms with Crippen LogP contribution in [0.2, 0.25) is 0 Å². The topological polar surface area (TPSA) is 90.5 Å². The Hall–Kier alpha value is -2.41. The van der Waals surface area contributed by atoms with E-state index in [1.807, 2.05) is 19.0 Å². The van der Waals surface area contributed by atoms with E-state index in [0.29, 0.717) is 24.3 Å². The summed E-state index contributed by atoms with van der Waals surface area (Å²) in [6, 6.07) is 5.87. The molecule has 1 unspecified atom stereocenters. The number of nitrogens with zero attached hydrogens (tertiary/aromatic N) is 1. The van der Waals surface area contributed by atoms with Crippen LogP contribution in [-0.4, -0.2) is 55.8 Å². The first-order chi connectivity index (χ1) is 10.5. The first kappa shape index (κ1) is 16.0. The lowest BCUT2D eigenvalue weighted by molar-refractivity contribution is -0.125. The molecular formula is C15H20N4O3. The van der Waals surface area contributed by atoms with Gasteiger partial charge in [-0.2, -0.15) is 0 Å². The predicted molar refractivity (Wildman–Crippen MR) is 82.5 cm³/mol. The van der Waals surface area contributed by atoms with Crippen molar-refractivity contribution < 1.29 is 14.4 Å². The largest absolute Gasteiger partial charge is 0.355 e. The van der Waals surface area contributed by atoms with Crippen molar-refractivity contribution in [3.05, 3.63) is 29.8 Å². The van der Waals surface area contributed by atoms with Gasteiger partial charge >= 0.3 is 0 Å². The zero-order valence-electron chi connectivity index (χ0n) is 12.7. The van der Waals surface area contributed by atoms with Gasteiger partial charge < -0.3 is 20.9 Å². The quantitative estimate of drug-likeness (QED) is 0.703. The van der Waals surface area contributed by atoms with E-state index in [2.05, 4.69) is 16.0 Å². The maximum Gasteiger partial charge on any atom is 0.254 e. The fourth-order valence-electron chi connectivity index (χ4n) is 2.13. The number of carbonyl (C=O) groups is 3. The average Bonchev–Trinajstić information content (AvgIpc) is 2.57. The molecule has 22 heavy (non-hydrogen) atoms. The van der Waals surface area contributed by atoms with Crippen LogP contribution in [0.3, 0.4) is 0 Å². The number of nitrogens with one attached hydrogen (secondary N) is 3. The molecule has 7 heteroatoms. The van der Waals surface area contributed by atoms with Gasteiger partial charge in [0.2, 0.25) is 11.8 Å². The molecule has 1 aromatic rings. The standard InChI is InChI=1S/C15H20N4O3/c1-19(2)8-7-16-13(20)9-12-15(22)17-11-6-4-3-5-10(11)14(21)18-12/h3-6,12H,7-9H2,1-2H3,(H,16,20)(H,17,22)(H,18,21). The molecule has 0 saturated carbocycles. The van der Waals surface area contributed by atoms with Crippen LogP contribution in [0.4, 0.5) is 5.69 Å². The molecule has 1 aliphatic rings. The van der Waals surface area contributed by atoms with Crippen molar-refractivity contribution in [1.82, 2.24) is 15.5 Å².